The van der Waals surface area contributed by atoms with Crippen LogP contribution >= 0.6 is 11.8 Å². The van der Waals surface area contributed by atoms with E-state index in [-0.39, 0.29) is 5.88 Å². The molecule has 1 aromatic heterocycles. The van der Waals surface area contributed by atoms with E-state index in [0.29, 0.717) is 11.7 Å². The number of benzene rings is 1. The molecule has 4 nitrogen and oxygen atoms in total. The van der Waals surface area contributed by atoms with E-state index >= 15 is 0 Å². The summed E-state index contributed by atoms with van der Waals surface area (Å²) >= 11 is 1.63. The fraction of sp³-hybridized carbons (Fsp3) is 0.286. The Labute approximate surface area is 121 Å². The van der Waals surface area contributed by atoms with Crippen molar-refractivity contribution in [2.24, 2.45) is 0 Å². The molecule has 0 atom stereocenters. The highest BCUT2D eigenvalue weighted by Crippen LogP contribution is 2.25. The number of thioether (sulfide) groups is 1. The minimum absolute atomic E-state index is 0.0736. The molecule has 1 aromatic carbocycles. The van der Waals surface area contributed by atoms with Crippen LogP contribution in [0.2, 0.25) is 0 Å². The van der Waals surface area contributed by atoms with Crippen LogP contribution in [-0.2, 0) is 0 Å². The summed E-state index contributed by atoms with van der Waals surface area (Å²) in [5.41, 5.74) is 0. The molecular weight excluding hydrogens is 277 g/mol. The zero-order valence-corrected chi connectivity index (χ0v) is 12.2. The zero-order valence-electron chi connectivity index (χ0n) is 11.4. The van der Waals surface area contributed by atoms with Gasteiger partial charge in [-0.25, -0.2) is 4.98 Å². The minimum atomic E-state index is -0.582. The Morgan fingerprint density at radius 1 is 1.30 bits per heavy atom. The van der Waals surface area contributed by atoms with E-state index in [4.69, 9.17) is 4.74 Å². The molecule has 0 bridgehead atoms. The van der Waals surface area contributed by atoms with Crippen LogP contribution in [-0.4, -0.2) is 22.8 Å². The Balaban J connectivity index is 2.14. The Bertz CT molecular complexity index is 563. The second-order valence-corrected chi connectivity index (χ2v) is 4.93. The van der Waals surface area contributed by atoms with Crippen LogP contribution in [0.25, 0.3) is 0 Å². The fourth-order valence-electron chi connectivity index (χ4n) is 1.50. The van der Waals surface area contributed by atoms with Gasteiger partial charge in [-0.2, -0.15) is 9.37 Å². The zero-order chi connectivity index (χ0) is 14.4. The predicted octanol–water partition coefficient (Wildman–Crippen LogP) is 3.95. The predicted molar refractivity (Wildman–Crippen MR) is 79.1 cm³/mol. The number of anilines is 1. The molecule has 0 amide bonds. The lowest BCUT2D eigenvalue weighted by Gasteiger charge is -2.08. The van der Waals surface area contributed by atoms with Crippen molar-refractivity contribution in [2.45, 2.75) is 18.2 Å². The lowest BCUT2D eigenvalue weighted by atomic mass is 10.3. The summed E-state index contributed by atoms with van der Waals surface area (Å²) in [6.45, 7) is 2.76. The summed E-state index contributed by atoms with van der Waals surface area (Å²) in [4.78, 5) is 9.00. The molecule has 0 aliphatic carbocycles. The number of halogens is 1. The molecule has 1 N–H and O–H groups in total. The van der Waals surface area contributed by atoms with Crippen molar-refractivity contribution >= 4 is 17.7 Å². The maximum Gasteiger partial charge on any atom is 0.260 e. The molecule has 0 fully saturated rings. The van der Waals surface area contributed by atoms with Crippen molar-refractivity contribution in [2.75, 3.05) is 18.1 Å². The van der Waals surface area contributed by atoms with Crippen LogP contribution in [0.1, 0.15) is 13.3 Å². The van der Waals surface area contributed by atoms with Crippen LogP contribution in [0.15, 0.2) is 35.4 Å². The normalized spacial score (nSPS) is 10.3. The number of rotatable bonds is 6. The van der Waals surface area contributed by atoms with Gasteiger partial charge in [-0.3, -0.25) is 0 Å². The van der Waals surface area contributed by atoms with E-state index in [9.17, 15) is 4.39 Å². The molecule has 106 valence electrons. The Hall–Kier alpha value is -1.82. The summed E-state index contributed by atoms with van der Waals surface area (Å²) in [6.07, 6.45) is 4.04. The number of nitrogens with one attached hydrogen (secondary N) is 1. The van der Waals surface area contributed by atoms with Crippen LogP contribution in [0.4, 0.5) is 10.3 Å². The Kier molecular flexibility index (Phi) is 5.17. The molecular formula is C14H16FN3OS. The van der Waals surface area contributed by atoms with Gasteiger partial charge in [0, 0.05) is 11.4 Å². The lowest BCUT2D eigenvalue weighted by Crippen LogP contribution is -2.05. The molecule has 20 heavy (non-hydrogen) atoms. The Morgan fingerprint density at radius 2 is 2.05 bits per heavy atom. The third kappa shape index (κ3) is 3.84. The third-order valence-electron chi connectivity index (χ3n) is 2.52. The summed E-state index contributed by atoms with van der Waals surface area (Å²) in [5.74, 6) is 0.252. The van der Waals surface area contributed by atoms with Gasteiger partial charge >= 0.3 is 0 Å². The average molecular weight is 293 g/mol. The van der Waals surface area contributed by atoms with Crippen LogP contribution in [0.3, 0.4) is 0 Å². The van der Waals surface area contributed by atoms with Crippen molar-refractivity contribution in [3.63, 3.8) is 0 Å². The first-order valence-electron chi connectivity index (χ1n) is 6.31. The first-order chi connectivity index (χ1) is 9.72. The molecule has 0 unspecified atom stereocenters. The van der Waals surface area contributed by atoms with Gasteiger partial charge in [0.15, 0.2) is 0 Å². The highest BCUT2D eigenvalue weighted by molar-refractivity contribution is 7.98. The smallest absolute Gasteiger partial charge is 0.260 e. The van der Waals surface area contributed by atoms with Gasteiger partial charge in [-0.1, -0.05) is 6.92 Å². The summed E-state index contributed by atoms with van der Waals surface area (Å²) < 4.78 is 19.1. The molecule has 0 spiro atoms. The maximum absolute atomic E-state index is 13.6. The van der Waals surface area contributed by atoms with Crippen molar-refractivity contribution in [3.8, 4) is 11.6 Å². The molecule has 0 aliphatic rings. The van der Waals surface area contributed by atoms with Crippen molar-refractivity contribution in [1.29, 1.82) is 0 Å². The van der Waals surface area contributed by atoms with E-state index in [1.165, 1.54) is 0 Å². The third-order valence-corrected chi connectivity index (χ3v) is 3.26. The molecule has 0 aliphatic heterocycles. The fourth-order valence-corrected chi connectivity index (χ4v) is 1.91. The van der Waals surface area contributed by atoms with Crippen molar-refractivity contribution in [3.05, 3.63) is 36.3 Å². The first kappa shape index (κ1) is 14.6. The molecule has 0 saturated heterocycles. The van der Waals surface area contributed by atoms with Crippen LogP contribution in [0.5, 0.6) is 11.6 Å². The standard InChI is InChI=1S/C14H16FN3OS/c1-3-8-16-14-17-9-12(15)13(18-14)19-10-4-6-11(20-2)7-5-10/h4-7,9H,3,8H2,1-2H3,(H,16,17,18). The second-order valence-electron chi connectivity index (χ2n) is 4.05. The topological polar surface area (TPSA) is 47.0 Å². The van der Waals surface area contributed by atoms with Crippen molar-refractivity contribution in [1.82, 2.24) is 9.97 Å². The molecule has 6 heteroatoms. The lowest BCUT2D eigenvalue weighted by molar-refractivity contribution is 0.420. The summed E-state index contributed by atoms with van der Waals surface area (Å²) in [5, 5.41) is 2.99. The number of hydrogen-bond donors (Lipinski definition) is 1. The first-order valence-corrected chi connectivity index (χ1v) is 7.53. The van der Waals surface area contributed by atoms with Gasteiger partial charge in [-0.05, 0) is 36.9 Å². The number of nitrogens with zero attached hydrogens (tertiary/aromatic N) is 2. The van der Waals surface area contributed by atoms with E-state index in [1.54, 1.807) is 23.9 Å². The van der Waals surface area contributed by atoms with E-state index in [1.807, 2.05) is 25.3 Å². The summed E-state index contributed by atoms with van der Waals surface area (Å²) in [7, 11) is 0. The van der Waals surface area contributed by atoms with Gasteiger partial charge in [0.1, 0.15) is 5.75 Å². The Morgan fingerprint density at radius 3 is 2.70 bits per heavy atom. The molecule has 2 rings (SSSR count). The second kappa shape index (κ2) is 7.09. The quantitative estimate of drug-likeness (QED) is 0.817. The monoisotopic (exact) mass is 293 g/mol. The molecule has 2 aromatic rings. The minimum Gasteiger partial charge on any atom is -0.436 e. The molecule has 0 saturated carbocycles. The average Bonchev–Trinajstić information content (AvgIpc) is 2.49. The SMILES string of the molecule is CCCNc1ncc(F)c(Oc2ccc(SC)cc2)n1. The van der Waals surface area contributed by atoms with Gasteiger partial charge in [0.05, 0.1) is 6.20 Å². The van der Waals surface area contributed by atoms with Gasteiger partial charge in [0.2, 0.25) is 11.8 Å². The van der Waals surface area contributed by atoms with Crippen LogP contribution < -0.4 is 10.1 Å². The van der Waals surface area contributed by atoms with E-state index in [2.05, 4.69) is 15.3 Å². The van der Waals surface area contributed by atoms with Gasteiger partial charge in [0.25, 0.3) is 5.88 Å². The van der Waals surface area contributed by atoms with E-state index < -0.39 is 5.82 Å². The molecule has 1 heterocycles. The van der Waals surface area contributed by atoms with Crippen molar-refractivity contribution < 1.29 is 9.13 Å². The summed E-state index contributed by atoms with van der Waals surface area (Å²) in [6, 6.07) is 7.39. The highest BCUT2D eigenvalue weighted by Gasteiger charge is 2.09. The van der Waals surface area contributed by atoms with E-state index in [0.717, 1.165) is 24.1 Å². The van der Waals surface area contributed by atoms with Gasteiger partial charge < -0.3 is 10.1 Å². The number of ether oxygens (including phenoxy) is 1. The number of hydrogen-bond acceptors (Lipinski definition) is 5. The van der Waals surface area contributed by atoms with Gasteiger partial charge in [-0.15, -0.1) is 11.8 Å². The largest absolute Gasteiger partial charge is 0.436 e. The van der Waals surface area contributed by atoms with Crippen LogP contribution in [0, 0.1) is 5.82 Å². The maximum atomic E-state index is 13.6. The molecule has 0 radical (unpaired) electrons. The number of aromatic nitrogens is 2. The highest BCUT2D eigenvalue weighted by atomic mass is 32.2.